The molecule has 1 rings (SSSR count). The predicted octanol–water partition coefficient (Wildman–Crippen LogP) is 1.04. The minimum Gasteiger partial charge on any atom is -0.443 e. The fourth-order valence-electron chi connectivity index (χ4n) is 0.809. The van der Waals surface area contributed by atoms with Gasteiger partial charge in [-0.3, -0.25) is 4.90 Å². The van der Waals surface area contributed by atoms with E-state index in [1.54, 1.807) is 6.20 Å². The number of ether oxygens (including phenoxy) is 1. The van der Waals surface area contributed by atoms with Gasteiger partial charge in [-0.2, -0.15) is 0 Å². The third-order valence-corrected chi connectivity index (χ3v) is 1.30. The van der Waals surface area contributed by atoms with E-state index in [1.807, 2.05) is 20.8 Å². The van der Waals surface area contributed by atoms with E-state index in [2.05, 4.69) is 0 Å². The number of hydrogen-bond acceptors (Lipinski definition) is 3. The van der Waals surface area contributed by atoms with Crippen molar-refractivity contribution in [2.24, 2.45) is 5.73 Å². The maximum Gasteiger partial charge on any atom is 0.414 e. The van der Waals surface area contributed by atoms with Crippen molar-refractivity contribution in [2.45, 2.75) is 26.4 Å². The number of carbonyl (C=O) groups is 1. The maximum atomic E-state index is 11.2. The van der Waals surface area contributed by atoms with E-state index in [0.717, 1.165) is 0 Å². The second-order valence-electron chi connectivity index (χ2n) is 3.81. The molecule has 0 atom stereocenters. The quantitative estimate of drug-likeness (QED) is 0.591. The molecule has 0 radical (unpaired) electrons. The lowest BCUT2D eigenvalue weighted by Gasteiger charge is -2.29. The summed E-state index contributed by atoms with van der Waals surface area (Å²) in [6.07, 6.45) is 1.24. The van der Waals surface area contributed by atoms with Gasteiger partial charge in [-0.15, -0.1) is 0 Å². The first kappa shape index (κ1) is 8.90. The summed E-state index contributed by atoms with van der Waals surface area (Å²) in [7, 11) is 0. The Balaban J connectivity index is 2.41. The van der Waals surface area contributed by atoms with Crippen LogP contribution in [0.2, 0.25) is 0 Å². The molecule has 0 fully saturated rings. The van der Waals surface area contributed by atoms with Crippen LogP contribution in [0.5, 0.6) is 0 Å². The van der Waals surface area contributed by atoms with Crippen LogP contribution < -0.4 is 5.73 Å². The summed E-state index contributed by atoms with van der Waals surface area (Å²) in [4.78, 5) is 12.6. The Morgan fingerprint density at radius 1 is 1.67 bits per heavy atom. The fraction of sp³-hybridized carbons (Fsp3) is 0.625. The van der Waals surface area contributed by atoms with Crippen LogP contribution in [0.3, 0.4) is 0 Å². The van der Waals surface area contributed by atoms with Gasteiger partial charge in [0.2, 0.25) is 0 Å². The lowest BCUT2D eigenvalue weighted by molar-refractivity contribution is 0.0316. The number of carbonyl (C=O) groups excluding carboxylic acids is 1. The predicted molar refractivity (Wildman–Crippen MR) is 45.2 cm³/mol. The highest BCUT2D eigenvalue weighted by atomic mass is 16.6. The number of amides is 1. The van der Waals surface area contributed by atoms with Crippen LogP contribution in [0.4, 0.5) is 4.79 Å². The topological polar surface area (TPSA) is 55.6 Å². The molecule has 0 spiro atoms. The Morgan fingerprint density at radius 3 is 2.50 bits per heavy atom. The molecule has 4 nitrogen and oxygen atoms in total. The first-order valence-electron chi connectivity index (χ1n) is 3.84. The molecule has 4 heteroatoms. The number of nitrogens with two attached hydrogens (primary N) is 1. The molecule has 1 aliphatic heterocycles. The van der Waals surface area contributed by atoms with Crippen LogP contribution in [0.15, 0.2) is 11.9 Å². The molecule has 0 bridgehead atoms. The van der Waals surface area contributed by atoms with Gasteiger partial charge in [0.05, 0.1) is 6.54 Å². The Labute approximate surface area is 72.0 Å². The van der Waals surface area contributed by atoms with Gasteiger partial charge in [0.1, 0.15) is 5.60 Å². The monoisotopic (exact) mass is 170 g/mol. The van der Waals surface area contributed by atoms with Gasteiger partial charge in [-0.25, -0.2) is 4.79 Å². The summed E-state index contributed by atoms with van der Waals surface area (Å²) in [5.74, 6) is 0. The van der Waals surface area contributed by atoms with Crippen molar-refractivity contribution < 1.29 is 9.53 Å². The van der Waals surface area contributed by atoms with Crippen molar-refractivity contribution in [3.8, 4) is 0 Å². The molecular weight excluding hydrogens is 156 g/mol. The molecule has 12 heavy (non-hydrogen) atoms. The first-order chi connectivity index (χ1) is 5.38. The lowest BCUT2D eigenvalue weighted by atomic mass is 10.2. The van der Waals surface area contributed by atoms with Gasteiger partial charge >= 0.3 is 6.09 Å². The molecule has 0 saturated carbocycles. The van der Waals surface area contributed by atoms with E-state index in [0.29, 0.717) is 12.2 Å². The highest BCUT2D eigenvalue weighted by Crippen LogP contribution is 2.14. The average Bonchev–Trinajstić information content (AvgIpc) is 1.76. The fourth-order valence-corrected chi connectivity index (χ4v) is 0.809. The van der Waals surface area contributed by atoms with Gasteiger partial charge in [-0.1, -0.05) is 0 Å². The molecule has 1 amide bonds. The van der Waals surface area contributed by atoms with Crippen molar-refractivity contribution in [3.05, 3.63) is 11.9 Å². The van der Waals surface area contributed by atoms with Gasteiger partial charge in [0, 0.05) is 11.9 Å². The van der Waals surface area contributed by atoms with Gasteiger partial charge < -0.3 is 10.5 Å². The van der Waals surface area contributed by atoms with E-state index >= 15 is 0 Å². The van der Waals surface area contributed by atoms with E-state index in [9.17, 15) is 4.79 Å². The Bertz CT molecular complexity index is 228. The summed E-state index contributed by atoms with van der Waals surface area (Å²) < 4.78 is 5.08. The third kappa shape index (κ3) is 2.15. The maximum absolute atomic E-state index is 11.2. The van der Waals surface area contributed by atoms with Crippen molar-refractivity contribution in [2.75, 3.05) is 6.54 Å². The smallest absolute Gasteiger partial charge is 0.414 e. The number of hydrogen-bond donors (Lipinski definition) is 1. The third-order valence-electron chi connectivity index (χ3n) is 1.30. The molecular formula is C8H14N2O2. The van der Waals surface area contributed by atoms with Gasteiger partial charge in [0.15, 0.2) is 0 Å². The molecule has 1 heterocycles. The Kier molecular flexibility index (Phi) is 2.00. The summed E-state index contributed by atoms with van der Waals surface area (Å²) in [5.41, 5.74) is 5.66. The summed E-state index contributed by atoms with van der Waals surface area (Å²) >= 11 is 0. The van der Waals surface area contributed by atoms with Crippen LogP contribution in [0.25, 0.3) is 0 Å². The molecule has 0 aromatic rings. The molecule has 0 aromatic carbocycles. The van der Waals surface area contributed by atoms with Crippen LogP contribution in [0, 0.1) is 0 Å². The van der Waals surface area contributed by atoms with Crippen molar-refractivity contribution >= 4 is 6.09 Å². The van der Waals surface area contributed by atoms with Gasteiger partial charge in [0.25, 0.3) is 0 Å². The van der Waals surface area contributed by atoms with Crippen LogP contribution in [-0.4, -0.2) is 23.1 Å². The molecule has 0 aromatic heterocycles. The highest BCUT2D eigenvalue weighted by Gasteiger charge is 2.25. The summed E-state index contributed by atoms with van der Waals surface area (Å²) in [6.45, 7) is 5.97. The molecule has 0 aliphatic carbocycles. The van der Waals surface area contributed by atoms with Crippen LogP contribution >= 0.6 is 0 Å². The van der Waals surface area contributed by atoms with E-state index in [-0.39, 0.29) is 6.09 Å². The van der Waals surface area contributed by atoms with E-state index in [4.69, 9.17) is 10.5 Å². The van der Waals surface area contributed by atoms with Crippen molar-refractivity contribution in [1.82, 2.24) is 4.90 Å². The van der Waals surface area contributed by atoms with E-state index < -0.39 is 5.60 Å². The van der Waals surface area contributed by atoms with Crippen LogP contribution in [0.1, 0.15) is 20.8 Å². The number of rotatable bonds is 0. The van der Waals surface area contributed by atoms with Crippen LogP contribution in [-0.2, 0) is 4.74 Å². The standard InChI is InChI=1S/C8H14N2O2/c1-8(2,3)12-7(11)10-4-6(9)5-10/h4H,5,9H2,1-3H3. The largest absolute Gasteiger partial charge is 0.443 e. The minimum atomic E-state index is -0.435. The van der Waals surface area contributed by atoms with E-state index in [1.165, 1.54) is 4.90 Å². The summed E-state index contributed by atoms with van der Waals surface area (Å²) in [6, 6.07) is 0. The Morgan fingerprint density at radius 2 is 2.17 bits per heavy atom. The molecule has 1 aliphatic rings. The van der Waals surface area contributed by atoms with Crippen molar-refractivity contribution in [3.63, 3.8) is 0 Å². The summed E-state index contributed by atoms with van der Waals surface area (Å²) in [5, 5.41) is 0. The molecule has 2 N–H and O–H groups in total. The second kappa shape index (κ2) is 2.69. The highest BCUT2D eigenvalue weighted by molar-refractivity contribution is 5.71. The minimum absolute atomic E-state index is 0.336. The first-order valence-corrected chi connectivity index (χ1v) is 3.84. The second-order valence-corrected chi connectivity index (χ2v) is 3.81. The van der Waals surface area contributed by atoms with Gasteiger partial charge in [-0.05, 0) is 20.8 Å². The Hall–Kier alpha value is -1.19. The molecule has 0 saturated heterocycles. The normalized spacial score (nSPS) is 16.6. The zero-order chi connectivity index (χ0) is 9.35. The molecule has 68 valence electrons. The molecule has 0 unspecified atom stereocenters. The average molecular weight is 170 g/mol. The lowest BCUT2D eigenvalue weighted by Crippen LogP contribution is -2.41. The number of nitrogens with zero attached hydrogens (tertiary/aromatic N) is 1. The SMILES string of the molecule is CC(C)(C)OC(=O)N1C=C(N)C1. The van der Waals surface area contributed by atoms with Crippen molar-refractivity contribution in [1.29, 1.82) is 0 Å². The zero-order valence-electron chi connectivity index (χ0n) is 7.63. The zero-order valence-corrected chi connectivity index (χ0v) is 7.63.